The number of rotatable bonds is 5. The van der Waals surface area contributed by atoms with E-state index in [2.05, 4.69) is 15.0 Å². The van der Waals surface area contributed by atoms with Crippen LogP contribution in [-0.2, 0) is 29.4 Å². The van der Waals surface area contributed by atoms with Crippen LogP contribution in [0.15, 0.2) is 54.1 Å². The van der Waals surface area contributed by atoms with Crippen molar-refractivity contribution in [1.29, 1.82) is 0 Å². The van der Waals surface area contributed by atoms with Gasteiger partial charge in [-0.3, -0.25) is 0 Å². The molecule has 3 heterocycles. The van der Waals surface area contributed by atoms with Gasteiger partial charge < -0.3 is 5.32 Å². The van der Waals surface area contributed by atoms with Gasteiger partial charge in [0.1, 0.15) is 0 Å². The molecule has 1 aromatic heterocycles. The Labute approximate surface area is 217 Å². The lowest BCUT2D eigenvalue weighted by molar-refractivity contribution is -0.137. The molecule has 2 aromatic carbocycles. The Morgan fingerprint density at radius 1 is 1.08 bits per heavy atom. The van der Waals surface area contributed by atoms with Crippen LogP contribution in [0.4, 0.5) is 18.3 Å². The number of alkyl halides is 3. The van der Waals surface area contributed by atoms with E-state index in [0.29, 0.717) is 36.6 Å². The highest BCUT2D eigenvalue weighted by Gasteiger charge is 2.33. The van der Waals surface area contributed by atoms with Crippen molar-refractivity contribution in [1.82, 2.24) is 14.6 Å². The van der Waals surface area contributed by atoms with Gasteiger partial charge in [-0.25, -0.2) is 9.71 Å². The molecular weight excluding hydrogens is 533 g/mol. The zero-order valence-electron chi connectivity index (χ0n) is 19.0. The van der Waals surface area contributed by atoms with Crippen LogP contribution in [0.3, 0.4) is 0 Å². The molecule has 0 saturated heterocycles. The highest BCUT2D eigenvalue weighted by Crippen LogP contribution is 2.40. The molecule has 0 aliphatic carbocycles. The standard InChI is InChI=1S/C24H23F3N4O2S2.ClH/c25-24(26,27)18-4-5-21(22(14-18)16-6-9-28-10-7-16)20-3-1-2-17-15-31(12-8-19(17)20)35(32,33)30-23-29-11-13-34-23;/h1-6,11,13-14,28H,7-10,12,15H2,(H,29,30);1H. The fourth-order valence-corrected chi connectivity index (χ4v) is 6.50. The van der Waals surface area contributed by atoms with Crippen LogP contribution >= 0.6 is 23.7 Å². The first-order valence-electron chi connectivity index (χ1n) is 11.1. The van der Waals surface area contributed by atoms with E-state index in [1.807, 2.05) is 24.3 Å². The smallest absolute Gasteiger partial charge is 0.313 e. The van der Waals surface area contributed by atoms with Gasteiger partial charge in [0.25, 0.3) is 0 Å². The van der Waals surface area contributed by atoms with Gasteiger partial charge in [-0.05, 0) is 64.9 Å². The number of halogens is 4. The van der Waals surface area contributed by atoms with Crippen molar-refractivity contribution in [3.8, 4) is 11.1 Å². The Morgan fingerprint density at radius 2 is 1.92 bits per heavy atom. The van der Waals surface area contributed by atoms with Crippen molar-refractivity contribution in [2.24, 2.45) is 0 Å². The Bertz CT molecular complexity index is 1380. The molecule has 0 bridgehead atoms. The fraction of sp³-hybridized carbons (Fsp3) is 0.292. The number of thiazole rings is 1. The molecule has 6 nitrogen and oxygen atoms in total. The van der Waals surface area contributed by atoms with E-state index < -0.39 is 21.9 Å². The first kappa shape index (κ1) is 26.6. The van der Waals surface area contributed by atoms with Gasteiger partial charge in [0.15, 0.2) is 5.13 Å². The molecule has 3 aromatic rings. The van der Waals surface area contributed by atoms with E-state index in [1.165, 1.54) is 27.9 Å². The van der Waals surface area contributed by atoms with Gasteiger partial charge in [0.05, 0.1) is 5.56 Å². The van der Waals surface area contributed by atoms with Crippen LogP contribution in [0, 0.1) is 0 Å². The van der Waals surface area contributed by atoms with Crippen molar-refractivity contribution in [3.05, 3.63) is 76.3 Å². The minimum atomic E-state index is -4.43. The molecule has 36 heavy (non-hydrogen) atoms. The average molecular weight is 557 g/mol. The van der Waals surface area contributed by atoms with Crippen molar-refractivity contribution in [2.45, 2.75) is 25.6 Å². The summed E-state index contributed by atoms with van der Waals surface area (Å²) in [5, 5.41) is 5.19. The lowest BCUT2D eigenvalue weighted by atomic mass is 9.85. The molecule has 2 aliphatic rings. The molecule has 0 atom stereocenters. The normalized spacial score (nSPS) is 16.6. The lowest BCUT2D eigenvalue weighted by Crippen LogP contribution is -2.39. The van der Waals surface area contributed by atoms with E-state index in [0.717, 1.165) is 33.9 Å². The Hall–Kier alpha value is -2.44. The van der Waals surface area contributed by atoms with Gasteiger partial charge in [0.2, 0.25) is 0 Å². The second kappa shape index (κ2) is 10.5. The third-order valence-corrected chi connectivity index (χ3v) is 8.53. The number of hydrogen-bond donors (Lipinski definition) is 2. The minimum Gasteiger partial charge on any atom is -0.313 e. The second-order valence-corrected chi connectivity index (χ2v) is 11.0. The molecule has 0 unspecified atom stereocenters. The maximum absolute atomic E-state index is 13.5. The minimum absolute atomic E-state index is 0. The fourth-order valence-electron chi connectivity index (χ4n) is 4.58. The van der Waals surface area contributed by atoms with Crippen molar-refractivity contribution in [2.75, 3.05) is 24.4 Å². The second-order valence-electron chi connectivity index (χ2n) is 8.41. The van der Waals surface area contributed by atoms with Gasteiger partial charge in [-0.2, -0.15) is 25.9 Å². The van der Waals surface area contributed by atoms with Crippen LogP contribution in [0.1, 0.15) is 28.7 Å². The molecule has 12 heteroatoms. The lowest BCUT2D eigenvalue weighted by Gasteiger charge is -2.30. The van der Waals surface area contributed by atoms with E-state index in [4.69, 9.17) is 0 Å². The maximum atomic E-state index is 13.5. The molecule has 0 radical (unpaired) electrons. The summed E-state index contributed by atoms with van der Waals surface area (Å²) in [6, 6.07) is 9.52. The first-order chi connectivity index (χ1) is 16.7. The monoisotopic (exact) mass is 556 g/mol. The third-order valence-electron chi connectivity index (χ3n) is 6.27. The first-order valence-corrected chi connectivity index (χ1v) is 13.4. The molecule has 0 saturated carbocycles. The molecule has 5 rings (SSSR count). The Kier molecular flexibility index (Phi) is 7.77. The summed E-state index contributed by atoms with van der Waals surface area (Å²) in [6.07, 6.45) is 0.121. The van der Waals surface area contributed by atoms with Gasteiger partial charge in [-0.1, -0.05) is 30.3 Å². The molecule has 192 valence electrons. The summed E-state index contributed by atoms with van der Waals surface area (Å²) in [6.45, 7) is 1.74. The van der Waals surface area contributed by atoms with E-state index in [1.54, 1.807) is 11.4 Å². The van der Waals surface area contributed by atoms with Crippen molar-refractivity contribution >= 4 is 44.7 Å². The van der Waals surface area contributed by atoms with Crippen LogP contribution in [0.5, 0.6) is 0 Å². The summed E-state index contributed by atoms with van der Waals surface area (Å²) < 4.78 is 70.2. The molecule has 2 aliphatic heterocycles. The quantitative estimate of drug-likeness (QED) is 0.445. The van der Waals surface area contributed by atoms with Gasteiger partial charge >= 0.3 is 16.4 Å². The molecule has 0 fully saturated rings. The highest BCUT2D eigenvalue weighted by molar-refractivity contribution is 7.90. The van der Waals surface area contributed by atoms with Crippen LogP contribution in [-0.4, -0.2) is 37.3 Å². The summed E-state index contributed by atoms with van der Waals surface area (Å²) in [7, 11) is -3.78. The zero-order valence-corrected chi connectivity index (χ0v) is 21.5. The van der Waals surface area contributed by atoms with E-state index in [-0.39, 0.29) is 25.5 Å². The topological polar surface area (TPSA) is 74.3 Å². The summed E-state index contributed by atoms with van der Waals surface area (Å²) in [5.74, 6) is 0. The summed E-state index contributed by atoms with van der Waals surface area (Å²) in [5.41, 5.74) is 4.17. The highest BCUT2D eigenvalue weighted by atomic mass is 35.5. The number of aromatic nitrogens is 1. The van der Waals surface area contributed by atoms with Gasteiger partial charge in [0, 0.05) is 31.2 Å². The molecule has 0 amide bonds. The predicted molar refractivity (Wildman–Crippen MR) is 138 cm³/mol. The van der Waals surface area contributed by atoms with Crippen molar-refractivity contribution < 1.29 is 21.6 Å². The number of hydrogen-bond acceptors (Lipinski definition) is 5. The maximum Gasteiger partial charge on any atom is 0.416 e. The number of nitrogens with zero attached hydrogens (tertiary/aromatic N) is 2. The predicted octanol–water partition coefficient (Wildman–Crippen LogP) is 5.34. The summed E-state index contributed by atoms with van der Waals surface area (Å²) in [4.78, 5) is 3.98. The van der Waals surface area contributed by atoms with Crippen LogP contribution < -0.4 is 10.0 Å². The largest absolute Gasteiger partial charge is 0.416 e. The molecular formula is C24H24ClF3N4O2S2. The average Bonchev–Trinajstić information content (AvgIpc) is 3.35. The number of nitrogens with one attached hydrogen (secondary N) is 2. The number of benzene rings is 2. The molecule has 0 spiro atoms. The Balaban J connectivity index is 0.00000304. The third kappa shape index (κ3) is 5.45. The summed E-state index contributed by atoms with van der Waals surface area (Å²) >= 11 is 1.20. The zero-order chi connectivity index (χ0) is 24.6. The van der Waals surface area contributed by atoms with Crippen LogP contribution in [0.25, 0.3) is 16.7 Å². The van der Waals surface area contributed by atoms with Gasteiger partial charge in [-0.15, -0.1) is 23.7 Å². The number of fused-ring (bicyclic) bond motifs is 1. The van der Waals surface area contributed by atoms with Crippen molar-refractivity contribution in [3.63, 3.8) is 0 Å². The number of anilines is 1. The molecule has 2 N–H and O–H groups in total. The van der Waals surface area contributed by atoms with E-state index >= 15 is 0 Å². The Morgan fingerprint density at radius 3 is 2.61 bits per heavy atom. The van der Waals surface area contributed by atoms with Crippen LogP contribution in [0.2, 0.25) is 0 Å². The van der Waals surface area contributed by atoms with E-state index in [9.17, 15) is 21.6 Å². The SMILES string of the molecule is Cl.O=S(=O)(Nc1nccs1)N1CCc2c(cccc2-c2ccc(C(F)(F)F)cc2C2=CCNCC2)C1.